The zero-order valence-electron chi connectivity index (χ0n) is 8.23. The maximum absolute atomic E-state index is 8.28. The highest BCUT2D eigenvalue weighted by molar-refractivity contribution is 7.37. The lowest BCUT2D eigenvalue weighted by Crippen LogP contribution is -2.05. The minimum atomic E-state index is -0.244. The molecule has 0 aliphatic heterocycles. The van der Waals surface area contributed by atoms with Gasteiger partial charge in [-0.2, -0.15) is 0 Å². The van der Waals surface area contributed by atoms with Crippen LogP contribution in [0.15, 0.2) is 0 Å². The summed E-state index contributed by atoms with van der Waals surface area (Å²) in [7, 11) is 0.495. The van der Waals surface area contributed by atoms with Gasteiger partial charge in [0, 0.05) is 0 Å². The Morgan fingerprint density at radius 1 is 1.00 bits per heavy atom. The zero-order valence-corrected chi connectivity index (χ0v) is 9.23. The van der Waals surface area contributed by atoms with Gasteiger partial charge in [0.1, 0.15) is 13.6 Å². The molecule has 14 heavy (non-hydrogen) atoms. The monoisotopic (exact) mass is 228 g/mol. The molecule has 0 bridgehead atoms. The fourth-order valence-corrected chi connectivity index (χ4v) is 1.06. The van der Waals surface area contributed by atoms with Crippen LogP contribution in [0.2, 0.25) is 0 Å². The quantitative estimate of drug-likeness (QED) is 0.182. The predicted octanol–water partition coefficient (Wildman–Crippen LogP) is 0.463. The Kier molecular flexibility index (Phi) is 13.4. The minimum absolute atomic E-state index is 0.0596. The fourth-order valence-electron chi connectivity index (χ4n) is 0.518. The predicted molar refractivity (Wildman–Crippen MR) is 50.8 cm³/mol. The summed E-state index contributed by atoms with van der Waals surface area (Å²) >= 11 is 0. The van der Waals surface area contributed by atoms with Gasteiger partial charge in [0.05, 0.1) is 19.3 Å². The third-order valence-electron chi connectivity index (χ3n) is 0.999. The molecule has 0 aromatic carbocycles. The van der Waals surface area contributed by atoms with Gasteiger partial charge in [-0.3, -0.25) is 0 Å². The summed E-state index contributed by atoms with van der Waals surface area (Å²) in [6.45, 7) is 2.29. The van der Waals surface area contributed by atoms with E-state index >= 15 is 0 Å². The van der Waals surface area contributed by atoms with E-state index in [1.807, 2.05) is 6.92 Å². The van der Waals surface area contributed by atoms with E-state index in [9.17, 15) is 0 Å². The number of aliphatic hydroxyl groups is 1. The summed E-state index contributed by atoms with van der Waals surface area (Å²) in [4.78, 5) is 9.14. The highest BCUT2D eigenvalue weighted by atomic mass is 31.1. The molecule has 7 heteroatoms. The van der Waals surface area contributed by atoms with Crippen LogP contribution in [0.25, 0.3) is 0 Å². The van der Waals surface area contributed by atoms with Crippen LogP contribution < -0.4 is 0 Å². The normalized spacial score (nSPS) is 11.6. The van der Waals surface area contributed by atoms with E-state index in [-0.39, 0.29) is 20.4 Å². The molecule has 0 heterocycles. The smallest absolute Gasteiger partial charge is 0.183 e. The molecule has 0 amide bonds. The van der Waals surface area contributed by atoms with Crippen molar-refractivity contribution in [2.45, 2.75) is 6.92 Å². The summed E-state index contributed by atoms with van der Waals surface area (Å²) in [6, 6.07) is 0. The van der Waals surface area contributed by atoms with Crippen molar-refractivity contribution in [1.82, 2.24) is 0 Å². The molecule has 0 aromatic heterocycles. The molecule has 0 aliphatic carbocycles. The van der Waals surface area contributed by atoms with Gasteiger partial charge in [-0.1, -0.05) is 8.58 Å². The standard InChI is InChI=1S/C7H17O6P/c1-2-12-13-5-10-4-11-7-14-6-9-3-8/h8,14H,2-7H2,1H3. The van der Waals surface area contributed by atoms with E-state index < -0.39 is 0 Å². The van der Waals surface area contributed by atoms with Gasteiger partial charge < -0.3 is 19.3 Å². The van der Waals surface area contributed by atoms with Crippen molar-refractivity contribution in [2.24, 2.45) is 0 Å². The topological polar surface area (TPSA) is 66.4 Å². The van der Waals surface area contributed by atoms with Gasteiger partial charge in [-0.25, -0.2) is 9.78 Å². The van der Waals surface area contributed by atoms with E-state index in [0.717, 1.165) is 0 Å². The van der Waals surface area contributed by atoms with Crippen LogP contribution in [0.3, 0.4) is 0 Å². The molecule has 0 aliphatic rings. The van der Waals surface area contributed by atoms with Crippen molar-refractivity contribution in [3.63, 3.8) is 0 Å². The first-order valence-electron chi connectivity index (χ1n) is 4.21. The highest BCUT2D eigenvalue weighted by Gasteiger charge is 1.90. The minimum Gasteiger partial charge on any atom is -0.371 e. The lowest BCUT2D eigenvalue weighted by atomic mass is 10.9. The molecule has 0 saturated heterocycles. The number of aliphatic hydroxyl groups excluding tert-OH is 1. The molecule has 0 spiro atoms. The largest absolute Gasteiger partial charge is 0.371 e. The van der Waals surface area contributed by atoms with Crippen molar-refractivity contribution in [3.8, 4) is 0 Å². The van der Waals surface area contributed by atoms with E-state index in [1.54, 1.807) is 0 Å². The van der Waals surface area contributed by atoms with Crippen molar-refractivity contribution in [2.75, 3.05) is 39.7 Å². The fraction of sp³-hybridized carbons (Fsp3) is 1.00. The zero-order chi connectivity index (χ0) is 10.5. The molecule has 1 unspecified atom stereocenters. The second-order valence-electron chi connectivity index (χ2n) is 2.04. The summed E-state index contributed by atoms with van der Waals surface area (Å²) < 4.78 is 14.6. The summed E-state index contributed by atoms with van der Waals surface area (Å²) in [5, 5.41) is 8.28. The first-order chi connectivity index (χ1) is 6.91. The Bertz CT molecular complexity index is 92.2. The molecule has 0 aromatic rings. The van der Waals surface area contributed by atoms with Crippen LogP contribution in [0.5, 0.6) is 0 Å². The second kappa shape index (κ2) is 13.2. The third-order valence-corrected chi connectivity index (χ3v) is 1.82. The van der Waals surface area contributed by atoms with Gasteiger partial charge in [-0.05, 0) is 6.92 Å². The Morgan fingerprint density at radius 3 is 2.50 bits per heavy atom. The molecule has 0 rings (SSSR count). The molecule has 86 valence electrons. The van der Waals surface area contributed by atoms with Gasteiger partial charge >= 0.3 is 0 Å². The average molecular weight is 228 g/mol. The van der Waals surface area contributed by atoms with Crippen molar-refractivity contribution >= 4 is 8.58 Å². The van der Waals surface area contributed by atoms with Crippen LogP contribution >= 0.6 is 8.58 Å². The van der Waals surface area contributed by atoms with E-state index in [1.165, 1.54) is 0 Å². The average Bonchev–Trinajstić information content (AvgIpc) is 2.21. The number of hydrogen-bond acceptors (Lipinski definition) is 6. The molecule has 1 N–H and O–H groups in total. The highest BCUT2D eigenvalue weighted by Crippen LogP contribution is 2.08. The van der Waals surface area contributed by atoms with Crippen molar-refractivity contribution in [1.29, 1.82) is 0 Å². The molecular formula is C7H17O6P. The maximum Gasteiger partial charge on any atom is 0.183 e. The first kappa shape index (κ1) is 14.2. The van der Waals surface area contributed by atoms with Gasteiger partial charge in [0.2, 0.25) is 0 Å². The Morgan fingerprint density at radius 2 is 1.79 bits per heavy atom. The lowest BCUT2D eigenvalue weighted by molar-refractivity contribution is -0.341. The van der Waals surface area contributed by atoms with Crippen LogP contribution in [-0.2, 0) is 24.0 Å². The number of rotatable bonds is 11. The van der Waals surface area contributed by atoms with E-state index in [2.05, 4.69) is 9.78 Å². The van der Waals surface area contributed by atoms with Crippen LogP contribution in [0.4, 0.5) is 0 Å². The van der Waals surface area contributed by atoms with Gasteiger partial charge in [0.25, 0.3) is 0 Å². The Hall–Kier alpha value is 0.190. The molecule has 0 saturated carbocycles. The van der Waals surface area contributed by atoms with Crippen molar-refractivity contribution < 1.29 is 29.1 Å². The number of ether oxygens (including phenoxy) is 3. The second-order valence-corrected chi connectivity index (χ2v) is 3.12. The summed E-state index contributed by atoms with van der Waals surface area (Å²) in [6.07, 6.45) is 1.06. The summed E-state index contributed by atoms with van der Waals surface area (Å²) in [5.41, 5.74) is 0. The SMILES string of the molecule is CCOOCOCOCPCOCO. The van der Waals surface area contributed by atoms with Crippen LogP contribution in [0, 0.1) is 0 Å². The Balaban J connectivity index is 2.78. The third kappa shape index (κ3) is 12.2. The Labute approximate surface area is 85.1 Å². The maximum atomic E-state index is 8.28. The van der Waals surface area contributed by atoms with Gasteiger partial charge in [-0.15, -0.1) is 0 Å². The van der Waals surface area contributed by atoms with Crippen molar-refractivity contribution in [3.05, 3.63) is 0 Å². The molecule has 6 nitrogen and oxygen atoms in total. The lowest BCUT2D eigenvalue weighted by Gasteiger charge is -2.05. The number of hydrogen-bond donors (Lipinski definition) is 1. The molecule has 1 atom stereocenters. The summed E-state index contributed by atoms with van der Waals surface area (Å²) in [5.74, 6) is 0. The molecule has 0 fully saturated rings. The van der Waals surface area contributed by atoms with E-state index in [0.29, 0.717) is 27.9 Å². The van der Waals surface area contributed by atoms with Gasteiger partial charge in [0.15, 0.2) is 6.79 Å². The van der Waals surface area contributed by atoms with Crippen LogP contribution in [-0.4, -0.2) is 44.8 Å². The van der Waals surface area contributed by atoms with E-state index in [4.69, 9.17) is 19.3 Å². The molecular weight excluding hydrogens is 211 g/mol. The molecule has 0 radical (unpaired) electrons. The first-order valence-corrected chi connectivity index (χ1v) is 5.62. The van der Waals surface area contributed by atoms with Crippen LogP contribution in [0.1, 0.15) is 6.92 Å².